The van der Waals surface area contributed by atoms with Gasteiger partial charge in [0.15, 0.2) is 6.61 Å². The minimum absolute atomic E-state index is 0.0349. The SMILES string of the molecule is CCNS(=O)(=O)c1cccc(C(=O)OCC(=O)c2ccc(Br)s2)c1. The third kappa shape index (κ3) is 4.73. The molecule has 0 saturated heterocycles. The summed E-state index contributed by atoms with van der Waals surface area (Å²) in [4.78, 5) is 24.4. The predicted molar refractivity (Wildman–Crippen MR) is 93.9 cm³/mol. The monoisotopic (exact) mass is 431 g/mol. The van der Waals surface area contributed by atoms with Gasteiger partial charge in [-0.25, -0.2) is 17.9 Å². The van der Waals surface area contributed by atoms with Gasteiger partial charge in [-0.2, -0.15) is 0 Å². The van der Waals surface area contributed by atoms with Gasteiger partial charge >= 0.3 is 5.97 Å². The molecule has 0 unspecified atom stereocenters. The lowest BCUT2D eigenvalue weighted by Gasteiger charge is -2.07. The van der Waals surface area contributed by atoms with Crippen molar-refractivity contribution >= 4 is 49.0 Å². The normalized spacial score (nSPS) is 11.2. The van der Waals surface area contributed by atoms with Crippen molar-refractivity contribution in [1.29, 1.82) is 0 Å². The number of nitrogens with one attached hydrogen (secondary N) is 1. The van der Waals surface area contributed by atoms with E-state index >= 15 is 0 Å². The smallest absolute Gasteiger partial charge is 0.338 e. The Labute approximate surface area is 152 Å². The van der Waals surface area contributed by atoms with Crippen LogP contribution in [0.15, 0.2) is 45.1 Å². The molecule has 2 aromatic rings. The largest absolute Gasteiger partial charge is 0.454 e. The molecule has 0 bridgehead atoms. The highest BCUT2D eigenvalue weighted by molar-refractivity contribution is 9.11. The Bertz CT molecular complexity index is 860. The second kappa shape index (κ2) is 8.02. The van der Waals surface area contributed by atoms with E-state index in [1.165, 1.54) is 35.6 Å². The summed E-state index contributed by atoms with van der Waals surface area (Å²) in [5.74, 6) is -1.08. The van der Waals surface area contributed by atoms with Crippen molar-refractivity contribution in [3.63, 3.8) is 0 Å². The van der Waals surface area contributed by atoms with Crippen molar-refractivity contribution in [2.45, 2.75) is 11.8 Å². The van der Waals surface area contributed by atoms with Crippen molar-refractivity contribution in [3.05, 3.63) is 50.6 Å². The van der Waals surface area contributed by atoms with E-state index in [2.05, 4.69) is 20.7 Å². The minimum Gasteiger partial charge on any atom is -0.454 e. The van der Waals surface area contributed by atoms with Gasteiger partial charge in [0.1, 0.15) is 0 Å². The molecule has 0 fully saturated rings. The second-order valence-electron chi connectivity index (χ2n) is 4.63. The van der Waals surface area contributed by atoms with Crippen molar-refractivity contribution in [2.75, 3.05) is 13.2 Å². The molecule has 128 valence electrons. The topological polar surface area (TPSA) is 89.5 Å². The summed E-state index contributed by atoms with van der Waals surface area (Å²) in [6.45, 7) is 1.49. The molecule has 0 amide bonds. The Morgan fingerprint density at radius 3 is 2.62 bits per heavy atom. The average Bonchev–Trinajstić information content (AvgIpc) is 2.99. The predicted octanol–water partition coefficient (Wildman–Crippen LogP) is 2.85. The molecule has 0 radical (unpaired) electrons. The average molecular weight is 432 g/mol. The number of halogens is 1. The zero-order chi connectivity index (χ0) is 17.7. The number of hydrogen-bond acceptors (Lipinski definition) is 6. The van der Waals surface area contributed by atoms with Gasteiger partial charge in [0.2, 0.25) is 15.8 Å². The summed E-state index contributed by atoms with van der Waals surface area (Å²) in [5, 5.41) is 0. The van der Waals surface area contributed by atoms with E-state index < -0.39 is 22.6 Å². The van der Waals surface area contributed by atoms with E-state index in [0.717, 1.165) is 3.79 Å². The van der Waals surface area contributed by atoms with Crippen LogP contribution in [0, 0.1) is 0 Å². The zero-order valence-corrected chi connectivity index (χ0v) is 15.8. The molecule has 6 nitrogen and oxygen atoms in total. The van der Waals surface area contributed by atoms with Crippen LogP contribution in [0.25, 0.3) is 0 Å². The lowest BCUT2D eigenvalue weighted by molar-refractivity contribution is 0.0475. The number of sulfonamides is 1. The summed E-state index contributed by atoms with van der Waals surface area (Å²) in [5.41, 5.74) is 0.0640. The Hall–Kier alpha value is -1.55. The summed E-state index contributed by atoms with van der Waals surface area (Å²) < 4.78 is 32.0. The maximum atomic E-state index is 12.0. The maximum Gasteiger partial charge on any atom is 0.338 e. The molecule has 1 aromatic carbocycles. The van der Waals surface area contributed by atoms with E-state index in [9.17, 15) is 18.0 Å². The van der Waals surface area contributed by atoms with Crippen LogP contribution in [-0.4, -0.2) is 33.3 Å². The van der Waals surface area contributed by atoms with Crippen molar-refractivity contribution < 1.29 is 22.7 Å². The van der Waals surface area contributed by atoms with Gasteiger partial charge in [-0.05, 0) is 46.3 Å². The molecule has 1 heterocycles. The van der Waals surface area contributed by atoms with Gasteiger partial charge in [-0.15, -0.1) is 11.3 Å². The number of hydrogen-bond donors (Lipinski definition) is 1. The molecule has 2 rings (SSSR count). The van der Waals surface area contributed by atoms with Crippen molar-refractivity contribution in [3.8, 4) is 0 Å². The molecule has 0 saturated carbocycles. The highest BCUT2D eigenvalue weighted by atomic mass is 79.9. The second-order valence-corrected chi connectivity index (χ2v) is 8.86. The third-order valence-electron chi connectivity index (χ3n) is 2.90. The van der Waals surface area contributed by atoms with Gasteiger partial charge in [-0.1, -0.05) is 13.0 Å². The van der Waals surface area contributed by atoms with Gasteiger partial charge < -0.3 is 4.74 Å². The van der Waals surface area contributed by atoms with Gasteiger partial charge in [0.25, 0.3) is 0 Å². The van der Waals surface area contributed by atoms with Crippen LogP contribution in [0.1, 0.15) is 27.0 Å². The zero-order valence-electron chi connectivity index (χ0n) is 12.6. The van der Waals surface area contributed by atoms with Gasteiger partial charge in [0, 0.05) is 6.54 Å². The highest BCUT2D eigenvalue weighted by Gasteiger charge is 2.17. The molecular formula is C15H14BrNO5S2. The Balaban J connectivity index is 2.06. The van der Waals surface area contributed by atoms with Gasteiger partial charge in [0.05, 0.1) is 19.1 Å². The summed E-state index contributed by atoms with van der Waals surface area (Å²) in [6.07, 6.45) is 0. The number of rotatable bonds is 7. The molecule has 1 aromatic heterocycles. The van der Waals surface area contributed by atoms with E-state index in [-0.39, 0.29) is 22.8 Å². The number of carbonyl (C=O) groups excluding carboxylic acids is 2. The Morgan fingerprint density at radius 2 is 2.00 bits per heavy atom. The summed E-state index contributed by atoms with van der Waals surface area (Å²) in [6, 6.07) is 8.83. The Morgan fingerprint density at radius 1 is 1.25 bits per heavy atom. The summed E-state index contributed by atoms with van der Waals surface area (Å²) >= 11 is 4.49. The van der Waals surface area contributed by atoms with Crippen LogP contribution in [-0.2, 0) is 14.8 Å². The van der Waals surface area contributed by atoms with Crippen LogP contribution in [0.2, 0.25) is 0 Å². The van der Waals surface area contributed by atoms with E-state index in [1.807, 2.05) is 0 Å². The van der Waals surface area contributed by atoms with E-state index in [4.69, 9.17) is 4.74 Å². The standard InChI is InChI=1S/C15H14BrNO5S2/c1-2-17-24(20,21)11-5-3-4-10(8-11)15(19)22-9-12(18)13-6-7-14(16)23-13/h3-8,17H,2,9H2,1H3. The van der Waals surface area contributed by atoms with Crippen LogP contribution in [0.3, 0.4) is 0 Å². The molecule has 0 aliphatic heterocycles. The lowest BCUT2D eigenvalue weighted by atomic mass is 10.2. The number of ketones is 1. The van der Waals surface area contributed by atoms with Crippen molar-refractivity contribution in [1.82, 2.24) is 4.72 Å². The molecule has 1 N–H and O–H groups in total. The van der Waals surface area contributed by atoms with E-state index in [0.29, 0.717) is 4.88 Å². The fraction of sp³-hybridized carbons (Fsp3) is 0.200. The van der Waals surface area contributed by atoms with Crippen LogP contribution in [0.5, 0.6) is 0 Å². The molecule has 0 aliphatic carbocycles. The van der Waals surface area contributed by atoms with Crippen LogP contribution >= 0.6 is 27.3 Å². The first-order chi connectivity index (χ1) is 11.3. The number of benzene rings is 1. The third-order valence-corrected chi connectivity index (χ3v) is 6.10. The first-order valence-corrected chi connectivity index (χ1v) is 9.98. The maximum absolute atomic E-state index is 12.0. The summed E-state index contributed by atoms with van der Waals surface area (Å²) in [7, 11) is -3.67. The highest BCUT2D eigenvalue weighted by Crippen LogP contribution is 2.22. The van der Waals surface area contributed by atoms with E-state index in [1.54, 1.807) is 19.1 Å². The lowest BCUT2D eigenvalue weighted by Crippen LogP contribution is -2.23. The molecule has 0 atom stereocenters. The number of ether oxygens (including phenoxy) is 1. The van der Waals surface area contributed by atoms with Gasteiger partial charge in [-0.3, -0.25) is 4.79 Å². The molecule has 9 heteroatoms. The first kappa shape index (κ1) is 18.8. The molecule has 0 spiro atoms. The van der Waals surface area contributed by atoms with Crippen LogP contribution < -0.4 is 4.72 Å². The number of Topliss-reactive ketones (excluding diaryl/α,β-unsaturated/α-hetero) is 1. The van der Waals surface area contributed by atoms with Crippen LogP contribution in [0.4, 0.5) is 0 Å². The molecule has 0 aliphatic rings. The number of carbonyl (C=O) groups is 2. The molecular weight excluding hydrogens is 418 g/mol. The molecule has 24 heavy (non-hydrogen) atoms. The first-order valence-electron chi connectivity index (χ1n) is 6.89. The Kier molecular flexibility index (Phi) is 6.27. The van der Waals surface area contributed by atoms with Crippen molar-refractivity contribution in [2.24, 2.45) is 0 Å². The number of esters is 1. The quantitative estimate of drug-likeness (QED) is 0.537. The number of thiophene rings is 1. The fourth-order valence-corrected chi connectivity index (χ4v) is 4.21. The minimum atomic E-state index is -3.67. The fourth-order valence-electron chi connectivity index (χ4n) is 1.81.